The Hall–Kier alpha value is -0.800. The van der Waals surface area contributed by atoms with Crippen molar-refractivity contribution in [2.45, 2.75) is 20.0 Å². The molecule has 2 nitrogen and oxygen atoms in total. The molecule has 1 N–H and O–H groups in total. The normalized spacial score (nSPS) is 10.2. The van der Waals surface area contributed by atoms with Gasteiger partial charge in [-0.1, -0.05) is 35.0 Å². The molecule has 0 spiro atoms. The molecule has 0 atom stereocenters. The van der Waals surface area contributed by atoms with Crippen LogP contribution in [0.25, 0.3) is 0 Å². The highest BCUT2D eigenvalue weighted by Crippen LogP contribution is 2.25. The van der Waals surface area contributed by atoms with Crippen LogP contribution in [0.4, 0.5) is 5.69 Å². The van der Waals surface area contributed by atoms with E-state index in [1.165, 1.54) is 0 Å². The van der Waals surface area contributed by atoms with Gasteiger partial charge < -0.3 is 10.0 Å². The Bertz CT molecular complexity index is 352. The second-order valence-corrected chi connectivity index (χ2v) is 4.58. The summed E-state index contributed by atoms with van der Waals surface area (Å²) in [7, 11) is 0. The Balaban J connectivity index is 3.04. The minimum Gasteiger partial charge on any atom is -0.392 e. The Labute approximate surface area is 106 Å². The Morgan fingerprint density at radius 3 is 2.81 bits per heavy atom. The van der Waals surface area contributed by atoms with Crippen LogP contribution < -0.4 is 4.90 Å². The van der Waals surface area contributed by atoms with Crippen LogP contribution in [0.1, 0.15) is 18.9 Å². The van der Waals surface area contributed by atoms with Crippen molar-refractivity contribution < 1.29 is 5.11 Å². The molecule has 0 aliphatic carbocycles. The van der Waals surface area contributed by atoms with Crippen LogP contribution in [0.2, 0.25) is 0 Å². The molecule has 0 aromatic heterocycles. The molecule has 1 aromatic carbocycles. The van der Waals surface area contributed by atoms with E-state index in [1.807, 2.05) is 24.3 Å². The summed E-state index contributed by atoms with van der Waals surface area (Å²) in [4.78, 5) is 2.23. The molecule has 0 heterocycles. The maximum absolute atomic E-state index is 9.33. The van der Waals surface area contributed by atoms with E-state index in [1.54, 1.807) is 0 Å². The maximum atomic E-state index is 9.33. The summed E-state index contributed by atoms with van der Waals surface area (Å²) < 4.78 is 1.03. The van der Waals surface area contributed by atoms with Crippen molar-refractivity contribution in [2.24, 2.45) is 0 Å². The third kappa shape index (κ3) is 3.35. The second-order valence-electron chi connectivity index (χ2n) is 3.67. The highest BCUT2D eigenvalue weighted by molar-refractivity contribution is 9.10. The molecular formula is C13H18BrNO. The summed E-state index contributed by atoms with van der Waals surface area (Å²) in [5, 5.41) is 9.33. The number of anilines is 1. The van der Waals surface area contributed by atoms with Gasteiger partial charge in [-0.2, -0.15) is 0 Å². The molecular weight excluding hydrogens is 266 g/mol. The van der Waals surface area contributed by atoms with Crippen molar-refractivity contribution >= 4 is 21.6 Å². The molecule has 1 aromatic rings. The van der Waals surface area contributed by atoms with Crippen LogP contribution >= 0.6 is 15.9 Å². The van der Waals surface area contributed by atoms with Gasteiger partial charge in [0.2, 0.25) is 0 Å². The van der Waals surface area contributed by atoms with E-state index < -0.39 is 0 Å². The van der Waals surface area contributed by atoms with E-state index in [-0.39, 0.29) is 6.61 Å². The SMILES string of the molecule is C=CCN(CCC)c1cc(Br)ccc1CO. The third-order valence-corrected chi connectivity index (χ3v) is 2.89. The van der Waals surface area contributed by atoms with Crippen molar-refractivity contribution in [3.63, 3.8) is 0 Å². The van der Waals surface area contributed by atoms with Crippen LogP contribution in [0, 0.1) is 0 Å². The highest BCUT2D eigenvalue weighted by Gasteiger charge is 2.09. The van der Waals surface area contributed by atoms with Gasteiger partial charge in [0, 0.05) is 28.8 Å². The van der Waals surface area contributed by atoms with Gasteiger partial charge in [0.15, 0.2) is 0 Å². The molecule has 0 unspecified atom stereocenters. The van der Waals surface area contributed by atoms with Gasteiger partial charge >= 0.3 is 0 Å². The monoisotopic (exact) mass is 283 g/mol. The largest absolute Gasteiger partial charge is 0.392 e. The van der Waals surface area contributed by atoms with E-state index in [9.17, 15) is 5.11 Å². The lowest BCUT2D eigenvalue weighted by atomic mass is 10.1. The second kappa shape index (κ2) is 6.71. The van der Waals surface area contributed by atoms with Crippen LogP contribution in [-0.2, 0) is 6.61 Å². The van der Waals surface area contributed by atoms with Gasteiger partial charge in [-0.05, 0) is 18.6 Å². The number of rotatable bonds is 6. The average Bonchev–Trinajstić information content (AvgIpc) is 2.29. The molecule has 0 saturated carbocycles. The number of hydrogen-bond acceptors (Lipinski definition) is 2. The zero-order valence-electron chi connectivity index (χ0n) is 9.62. The fourth-order valence-electron chi connectivity index (χ4n) is 1.70. The molecule has 0 radical (unpaired) electrons. The predicted molar refractivity (Wildman–Crippen MR) is 72.8 cm³/mol. The summed E-state index contributed by atoms with van der Waals surface area (Å²) in [5.41, 5.74) is 2.04. The quantitative estimate of drug-likeness (QED) is 0.810. The van der Waals surface area contributed by atoms with E-state index in [0.717, 1.165) is 35.2 Å². The Kier molecular flexibility index (Phi) is 5.56. The first-order valence-corrected chi connectivity index (χ1v) is 6.27. The van der Waals surface area contributed by atoms with Gasteiger partial charge in [0.25, 0.3) is 0 Å². The number of aliphatic hydroxyl groups is 1. The molecule has 88 valence electrons. The Morgan fingerprint density at radius 2 is 2.25 bits per heavy atom. The summed E-state index contributed by atoms with van der Waals surface area (Å²) in [5.74, 6) is 0. The number of aliphatic hydroxyl groups excluding tert-OH is 1. The van der Waals surface area contributed by atoms with E-state index in [2.05, 4.69) is 34.3 Å². The number of nitrogens with zero attached hydrogens (tertiary/aromatic N) is 1. The number of halogens is 1. The van der Waals surface area contributed by atoms with E-state index in [0.29, 0.717) is 0 Å². The topological polar surface area (TPSA) is 23.5 Å². The average molecular weight is 284 g/mol. The molecule has 0 amide bonds. The summed E-state index contributed by atoms with van der Waals surface area (Å²) in [6, 6.07) is 5.95. The van der Waals surface area contributed by atoms with Gasteiger partial charge in [0.05, 0.1) is 6.61 Å². The lowest BCUT2D eigenvalue weighted by Gasteiger charge is -2.25. The zero-order valence-corrected chi connectivity index (χ0v) is 11.2. The molecule has 0 saturated heterocycles. The van der Waals surface area contributed by atoms with Gasteiger partial charge in [-0.25, -0.2) is 0 Å². The van der Waals surface area contributed by atoms with Gasteiger partial charge in [-0.15, -0.1) is 6.58 Å². The van der Waals surface area contributed by atoms with Crippen LogP contribution in [-0.4, -0.2) is 18.2 Å². The van der Waals surface area contributed by atoms with Crippen molar-refractivity contribution in [3.8, 4) is 0 Å². The lowest BCUT2D eigenvalue weighted by molar-refractivity contribution is 0.282. The van der Waals surface area contributed by atoms with Crippen LogP contribution in [0.3, 0.4) is 0 Å². The fourth-order valence-corrected chi connectivity index (χ4v) is 2.05. The standard InChI is InChI=1S/C13H18BrNO/c1-3-7-15(8-4-2)13-9-12(14)6-5-11(13)10-16/h3,5-6,9,16H,1,4,7-8,10H2,2H3. The summed E-state index contributed by atoms with van der Waals surface area (Å²) in [6.07, 6.45) is 2.96. The Morgan fingerprint density at radius 1 is 1.50 bits per heavy atom. The molecule has 3 heteroatoms. The first-order valence-electron chi connectivity index (χ1n) is 5.48. The van der Waals surface area contributed by atoms with Crippen molar-refractivity contribution in [2.75, 3.05) is 18.0 Å². The first kappa shape index (κ1) is 13.3. The lowest BCUT2D eigenvalue weighted by Crippen LogP contribution is -2.25. The van der Waals surface area contributed by atoms with Gasteiger partial charge in [-0.3, -0.25) is 0 Å². The van der Waals surface area contributed by atoms with Crippen molar-refractivity contribution in [3.05, 3.63) is 40.9 Å². The van der Waals surface area contributed by atoms with Crippen LogP contribution in [0.15, 0.2) is 35.3 Å². The molecule has 0 fully saturated rings. The zero-order chi connectivity index (χ0) is 12.0. The summed E-state index contributed by atoms with van der Waals surface area (Å²) >= 11 is 3.46. The van der Waals surface area contributed by atoms with Crippen LogP contribution in [0.5, 0.6) is 0 Å². The van der Waals surface area contributed by atoms with E-state index >= 15 is 0 Å². The highest BCUT2D eigenvalue weighted by atomic mass is 79.9. The maximum Gasteiger partial charge on any atom is 0.0702 e. The molecule has 0 bridgehead atoms. The van der Waals surface area contributed by atoms with Crippen molar-refractivity contribution in [1.82, 2.24) is 0 Å². The third-order valence-electron chi connectivity index (χ3n) is 2.40. The summed E-state index contributed by atoms with van der Waals surface area (Å²) in [6.45, 7) is 7.76. The number of hydrogen-bond donors (Lipinski definition) is 1. The molecule has 0 aliphatic heterocycles. The first-order chi connectivity index (χ1) is 7.72. The molecule has 16 heavy (non-hydrogen) atoms. The van der Waals surface area contributed by atoms with E-state index in [4.69, 9.17) is 0 Å². The fraction of sp³-hybridized carbons (Fsp3) is 0.385. The van der Waals surface area contributed by atoms with Crippen molar-refractivity contribution in [1.29, 1.82) is 0 Å². The number of benzene rings is 1. The minimum absolute atomic E-state index is 0.0694. The smallest absolute Gasteiger partial charge is 0.0702 e. The molecule has 1 rings (SSSR count). The minimum atomic E-state index is 0.0694. The predicted octanol–water partition coefficient (Wildman–Crippen LogP) is 3.34. The van der Waals surface area contributed by atoms with Gasteiger partial charge in [0.1, 0.15) is 0 Å². The molecule has 0 aliphatic rings.